The predicted octanol–water partition coefficient (Wildman–Crippen LogP) is 3.95. The van der Waals surface area contributed by atoms with Gasteiger partial charge in [-0.25, -0.2) is 8.42 Å². The summed E-state index contributed by atoms with van der Waals surface area (Å²) < 4.78 is 32.5. The van der Waals surface area contributed by atoms with Crippen molar-refractivity contribution in [2.45, 2.75) is 10.8 Å². The molecule has 140 valence electrons. The van der Waals surface area contributed by atoms with Crippen LogP contribution < -0.4 is 10.0 Å². The molecule has 0 atom stereocenters. The zero-order valence-corrected chi connectivity index (χ0v) is 16.1. The normalized spacial score (nSPS) is 11.1. The maximum absolute atomic E-state index is 12.6. The average Bonchev–Trinajstić information content (AvgIpc) is 3.19. The summed E-state index contributed by atoms with van der Waals surface area (Å²) in [5, 5.41) is 4.53. The minimum absolute atomic E-state index is 0.214. The predicted molar refractivity (Wildman–Crippen MR) is 107 cm³/mol. The fourth-order valence-electron chi connectivity index (χ4n) is 2.46. The Morgan fingerprint density at radius 2 is 1.89 bits per heavy atom. The van der Waals surface area contributed by atoms with Crippen molar-refractivity contribution in [2.75, 3.05) is 17.1 Å². The zero-order valence-electron chi connectivity index (χ0n) is 14.5. The Bertz CT molecular complexity index is 1030. The molecule has 0 bridgehead atoms. The van der Waals surface area contributed by atoms with Crippen molar-refractivity contribution in [3.63, 3.8) is 0 Å². The fourth-order valence-corrected chi connectivity index (χ4v) is 4.51. The number of carbonyl (C=O) groups is 1. The number of hydrogen-bond acceptors (Lipinski definition) is 5. The third-order valence-electron chi connectivity index (χ3n) is 3.70. The molecule has 8 heteroatoms. The Morgan fingerprint density at radius 1 is 1.07 bits per heavy atom. The number of carbonyl (C=O) groups excluding carboxylic acids is 1. The fraction of sp³-hybridized carbons (Fsp3) is 0.105. The van der Waals surface area contributed by atoms with E-state index in [0.717, 1.165) is 16.9 Å². The maximum Gasteiger partial charge on any atom is 0.271 e. The molecule has 2 aromatic carbocycles. The number of methoxy groups -OCH3 is 1. The second-order valence-corrected chi connectivity index (χ2v) is 8.52. The molecule has 2 N–H and O–H groups in total. The van der Waals surface area contributed by atoms with E-state index in [2.05, 4.69) is 10.0 Å². The van der Waals surface area contributed by atoms with Gasteiger partial charge in [-0.3, -0.25) is 9.52 Å². The largest absolute Gasteiger partial charge is 0.380 e. The molecule has 0 radical (unpaired) electrons. The van der Waals surface area contributed by atoms with E-state index in [9.17, 15) is 13.2 Å². The Hall–Kier alpha value is -2.68. The molecule has 0 aliphatic carbocycles. The number of sulfonamides is 1. The van der Waals surface area contributed by atoms with Crippen LogP contribution in [0.1, 0.15) is 15.9 Å². The van der Waals surface area contributed by atoms with Crippen LogP contribution in [0.5, 0.6) is 0 Å². The number of amides is 1. The quantitative estimate of drug-likeness (QED) is 0.627. The van der Waals surface area contributed by atoms with Crippen LogP contribution in [0.2, 0.25) is 0 Å². The molecule has 1 aromatic heterocycles. The number of anilines is 2. The van der Waals surface area contributed by atoms with Crippen molar-refractivity contribution in [2.24, 2.45) is 0 Å². The van der Waals surface area contributed by atoms with Crippen LogP contribution in [0, 0.1) is 0 Å². The monoisotopic (exact) mass is 402 g/mol. The summed E-state index contributed by atoms with van der Waals surface area (Å²) in [4.78, 5) is 12.6. The van der Waals surface area contributed by atoms with Crippen molar-refractivity contribution in [3.8, 4) is 0 Å². The van der Waals surface area contributed by atoms with Crippen molar-refractivity contribution in [3.05, 3.63) is 77.2 Å². The van der Waals surface area contributed by atoms with Crippen LogP contribution in [0.25, 0.3) is 0 Å². The maximum atomic E-state index is 12.6. The summed E-state index contributed by atoms with van der Waals surface area (Å²) in [6.07, 6.45) is 0. The van der Waals surface area contributed by atoms with E-state index >= 15 is 0 Å². The van der Waals surface area contributed by atoms with Crippen LogP contribution in [0.4, 0.5) is 11.4 Å². The molecular weight excluding hydrogens is 384 g/mol. The van der Waals surface area contributed by atoms with Gasteiger partial charge in [0, 0.05) is 29.6 Å². The summed E-state index contributed by atoms with van der Waals surface area (Å²) in [5.41, 5.74) is 2.16. The van der Waals surface area contributed by atoms with Crippen LogP contribution in [-0.2, 0) is 21.4 Å². The molecule has 1 heterocycles. The molecule has 0 aliphatic heterocycles. The molecule has 6 nitrogen and oxygen atoms in total. The van der Waals surface area contributed by atoms with E-state index in [4.69, 9.17) is 4.74 Å². The zero-order chi connectivity index (χ0) is 19.3. The van der Waals surface area contributed by atoms with Gasteiger partial charge in [0.05, 0.1) is 6.61 Å². The number of nitrogens with one attached hydrogen (secondary N) is 2. The number of benzene rings is 2. The van der Waals surface area contributed by atoms with Crippen molar-refractivity contribution < 1.29 is 17.9 Å². The second kappa shape index (κ2) is 8.34. The van der Waals surface area contributed by atoms with E-state index in [1.165, 1.54) is 12.1 Å². The minimum Gasteiger partial charge on any atom is -0.380 e. The first-order chi connectivity index (χ1) is 13.0. The van der Waals surface area contributed by atoms with Crippen molar-refractivity contribution >= 4 is 38.6 Å². The lowest BCUT2D eigenvalue weighted by Crippen LogP contribution is -2.15. The van der Waals surface area contributed by atoms with Crippen LogP contribution >= 0.6 is 11.3 Å². The Balaban J connectivity index is 1.78. The molecule has 0 saturated carbocycles. The molecule has 0 spiro atoms. The van der Waals surface area contributed by atoms with Gasteiger partial charge in [0.25, 0.3) is 15.9 Å². The second-order valence-electron chi connectivity index (χ2n) is 5.66. The number of rotatable bonds is 7. The highest BCUT2D eigenvalue weighted by molar-refractivity contribution is 7.94. The van der Waals surface area contributed by atoms with Crippen molar-refractivity contribution in [1.82, 2.24) is 0 Å². The van der Waals surface area contributed by atoms with Crippen LogP contribution in [0.15, 0.2) is 70.3 Å². The molecule has 3 aromatic rings. The van der Waals surface area contributed by atoms with E-state index in [1.807, 2.05) is 18.2 Å². The van der Waals surface area contributed by atoms with Gasteiger partial charge in [-0.05, 0) is 35.7 Å². The molecular formula is C19H18N2O4S2. The van der Waals surface area contributed by atoms with Gasteiger partial charge in [-0.2, -0.15) is 0 Å². The van der Waals surface area contributed by atoms with Gasteiger partial charge in [-0.1, -0.05) is 30.3 Å². The molecule has 1 amide bonds. The molecule has 0 unspecified atom stereocenters. The molecule has 3 rings (SSSR count). The lowest BCUT2D eigenvalue weighted by molar-refractivity contribution is 0.102. The van der Waals surface area contributed by atoms with Gasteiger partial charge in [0.1, 0.15) is 4.21 Å². The third kappa shape index (κ3) is 4.73. The number of thiophene rings is 1. The highest BCUT2D eigenvalue weighted by atomic mass is 32.2. The highest BCUT2D eigenvalue weighted by Crippen LogP contribution is 2.22. The molecule has 27 heavy (non-hydrogen) atoms. The van der Waals surface area contributed by atoms with E-state index in [0.29, 0.717) is 23.5 Å². The Kier molecular flexibility index (Phi) is 5.90. The molecule has 0 fully saturated rings. The lowest BCUT2D eigenvalue weighted by Gasteiger charge is -2.11. The van der Waals surface area contributed by atoms with Crippen LogP contribution in [0.3, 0.4) is 0 Å². The summed E-state index contributed by atoms with van der Waals surface area (Å²) >= 11 is 1.13. The average molecular weight is 402 g/mol. The Morgan fingerprint density at radius 3 is 2.63 bits per heavy atom. The summed E-state index contributed by atoms with van der Waals surface area (Å²) in [5.74, 6) is -0.337. The van der Waals surface area contributed by atoms with Crippen molar-refractivity contribution in [1.29, 1.82) is 0 Å². The first-order valence-corrected chi connectivity index (χ1v) is 10.4. The van der Waals surface area contributed by atoms with Gasteiger partial charge in [0.2, 0.25) is 0 Å². The van der Waals surface area contributed by atoms with E-state index in [1.54, 1.807) is 42.8 Å². The SMILES string of the molecule is COCc1ccccc1NC(=O)c1cccc(NS(=O)(=O)c2cccs2)c1. The lowest BCUT2D eigenvalue weighted by atomic mass is 10.1. The summed E-state index contributed by atoms with van der Waals surface area (Å²) in [6.45, 7) is 0.372. The van der Waals surface area contributed by atoms with Gasteiger partial charge < -0.3 is 10.1 Å². The Labute approximate surface area is 161 Å². The summed E-state index contributed by atoms with van der Waals surface area (Å²) in [7, 11) is -2.08. The first kappa shape index (κ1) is 19.1. The topological polar surface area (TPSA) is 84.5 Å². The number of hydrogen-bond donors (Lipinski definition) is 2. The molecule has 0 aliphatic rings. The standard InChI is InChI=1S/C19H18N2O4S2/c1-25-13-15-6-2-3-9-17(15)20-19(22)14-7-4-8-16(12-14)21-27(23,24)18-10-5-11-26-18/h2-12,21H,13H2,1H3,(H,20,22). The first-order valence-electron chi connectivity index (χ1n) is 8.04. The van der Waals surface area contributed by atoms with E-state index in [-0.39, 0.29) is 10.1 Å². The molecule has 0 saturated heterocycles. The van der Waals surface area contributed by atoms with Gasteiger partial charge in [0.15, 0.2) is 0 Å². The van der Waals surface area contributed by atoms with Crippen LogP contribution in [-0.4, -0.2) is 21.4 Å². The smallest absolute Gasteiger partial charge is 0.271 e. The highest BCUT2D eigenvalue weighted by Gasteiger charge is 2.16. The number of ether oxygens (including phenoxy) is 1. The third-order valence-corrected chi connectivity index (χ3v) is 6.48. The van der Waals surface area contributed by atoms with Gasteiger partial charge in [-0.15, -0.1) is 11.3 Å². The van der Waals surface area contributed by atoms with Gasteiger partial charge >= 0.3 is 0 Å². The number of para-hydroxylation sites is 1. The minimum atomic E-state index is -3.67. The van der Waals surface area contributed by atoms with E-state index < -0.39 is 10.0 Å². The summed E-state index contributed by atoms with van der Waals surface area (Å²) in [6, 6.07) is 16.9.